The van der Waals surface area contributed by atoms with Crippen LogP contribution < -0.4 is 0 Å². The molecule has 0 aliphatic heterocycles. The Morgan fingerprint density at radius 2 is 2.25 bits per heavy atom. The molecule has 0 heterocycles. The highest BCUT2D eigenvalue weighted by molar-refractivity contribution is 5.71. The number of carbonyl (C=O) groups is 1. The molecule has 68 valence electrons. The van der Waals surface area contributed by atoms with Gasteiger partial charge in [-0.05, 0) is 26.3 Å². The predicted octanol–water partition coefficient (Wildman–Crippen LogP) is 2.09. The average Bonchev–Trinajstić information content (AvgIpc) is 2.00. The minimum absolute atomic E-state index is 0.459. The van der Waals surface area contributed by atoms with Gasteiger partial charge in [-0.1, -0.05) is 6.92 Å². The molecular weight excluding hydrogens is 154 g/mol. The number of hydrogen-bond donors (Lipinski definition) is 1. The molecular formula is C9H15NO2. The van der Waals surface area contributed by atoms with Crippen molar-refractivity contribution in [3.05, 3.63) is 11.8 Å². The van der Waals surface area contributed by atoms with Crippen molar-refractivity contribution < 1.29 is 9.90 Å². The van der Waals surface area contributed by atoms with E-state index in [4.69, 9.17) is 5.11 Å². The van der Waals surface area contributed by atoms with Gasteiger partial charge in [0.2, 0.25) is 0 Å². The lowest BCUT2D eigenvalue weighted by molar-refractivity contribution is -0.139. The van der Waals surface area contributed by atoms with E-state index < -0.39 is 11.9 Å². The third-order valence-electron chi connectivity index (χ3n) is 1.36. The van der Waals surface area contributed by atoms with Crippen LogP contribution in [0.3, 0.4) is 0 Å². The third-order valence-corrected chi connectivity index (χ3v) is 1.36. The lowest BCUT2D eigenvalue weighted by atomic mass is 10.1. The Kier molecular flexibility index (Phi) is 5.00. The molecule has 12 heavy (non-hydrogen) atoms. The topological polar surface area (TPSA) is 49.7 Å². The summed E-state index contributed by atoms with van der Waals surface area (Å²) < 4.78 is 0. The fourth-order valence-corrected chi connectivity index (χ4v) is 0.711. The maximum atomic E-state index is 10.4. The quantitative estimate of drug-likeness (QED) is 0.655. The van der Waals surface area contributed by atoms with Crippen LogP contribution in [0.2, 0.25) is 0 Å². The SMILES string of the molecule is CC/C=N\C(C)=C/C(C)C(=O)O. The first-order chi connectivity index (χ1) is 5.57. The summed E-state index contributed by atoms with van der Waals surface area (Å²) in [5.41, 5.74) is 0.756. The Labute approximate surface area is 72.8 Å². The zero-order chi connectivity index (χ0) is 9.56. The smallest absolute Gasteiger partial charge is 0.310 e. The van der Waals surface area contributed by atoms with E-state index in [1.165, 1.54) is 0 Å². The van der Waals surface area contributed by atoms with Gasteiger partial charge in [0.25, 0.3) is 0 Å². The lowest BCUT2D eigenvalue weighted by Crippen LogP contribution is -2.06. The van der Waals surface area contributed by atoms with E-state index in [9.17, 15) is 4.79 Å². The Morgan fingerprint density at radius 3 is 2.67 bits per heavy atom. The number of carboxylic acid groups (broad SMARTS) is 1. The van der Waals surface area contributed by atoms with Crippen LogP contribution in [-0.4, -0.2) is 17.3 Å². The molecule has 0 radical (unpaired) electrons. The number of nitrogens with zero attached hydrogens (tertiary/aromatic N) is 1. The molecule has 0 aliphatic rings. The van der Waals surface area contributed by atoms with Gasteiger partial charge in [-0.3, -0.25) is 9.79 Å². The van der Waals surface area contributed by atoms with Gasteiger partial charge >= 0.3 is 5.97 Å². The zero-order valence-corrected chi connectivity index (χ0v) is 7.74. The van der Waals surface area contributed by atoms with Crippen molar-refractivity contribution in [1.82, 2.24) is 0 Å². The first-order valence-corrected chi connectivity index (χ1v) is 4.01. The fourth-order valence-electron chi connectivity index (χ4n) is 0.711. The molecule has 0 amide bonds. The van der Waals surface area contributed by atoms with E-state index in [1.807, 2.05) is 6.92 Å². The van der Waals surface area contributed by atoms with Crippen LogP contribution in [-0.2, 0) is 4.79 Å². The molecule has 0 spiro atoms. The van der Waals surface area contributed by atoms with E-state index in [0.29, 0.717) is 0 Å². The highest BCUT2D eigenvalue weighted by Crippen LogP contribution is 2.03. The van der Waals surface area contributed by atoms with E-state index in [2.05, 4.69) is 4.99 Å². The summed E-state index contributed by atoms with van der Waals surface area (Å²) in [5, 5.41) is 8.56. The molecule has 0 fully saturated rings. The van der Waals surface area contributed by atoms with Crippen molar-refractivity contribution in [2.75, 3.05) is 0 Å². The van der Waals surface area contributed by atoms with Crippen molar-refractivity contribution in [3.8, 4) is 0 Å². The van der Waals surface area contributed by atoms with Gasteiger partial charge in [0.05, 0.1) is 5.92 Å². The molecule has 3 heteroatoms. The van der Waals surface area contributed by atoms with Gasteiger partial charge in [-0.25, -0.2) is 0 Å². The normalized spacial score (nSPS) is 15.1. The first-order valence-electron chi connectivity index (χ1n) is 4.01. The van der Waals surface area contributed by atoms with Gasteiger partial charge < -0.3 is 5.11 Å². The number of allylic oxidation sites excluding steroid dienone is 1. The maximum Gasteiger partial charge on any atom is 0.310 e. The van der Waals surface area contributed by atoms with E-state index in [1.54, 1.807) is 26.1 Å². The molecule has 1 unspecified atom stereocenters. The molecule has 1 atom stereocenters. The van der Waals surface area contributed by atoms with Gasteiger partial charge in [-0.15, -0.1) is 0 Å². The second kappa shape index (κ2) is 5.52. The fraction of sp³-hybridized carbons (Fsp3) is 0.556. The van der Waals surface area contributed by atoms with Crippen molar-refractivity contribution in [2.45, 2.75) is 27.2 Å². The van der Waals surface area contributed by atoms with Crippen LogP contribution in [0.15, 0.2) is 16.8 Å². The van der Waals surface area contributed by atoms with Crippen LogP contribution in [0.4, 0.5) is 0 Å². The van der Waals surface area contributed by atoms with Gasteiger partial charge in [0, 0.05) is 11.9 Å². The Hall–Kier alpha value is -1.12. The monoisotopic (exact) mass is 169 g/mol. The summed E-state index contributed by atoms with van der Waals surface area (Å²) in [6.07, 6.45) is 4.27. The molecule has 0 saturated carbocycles. The minimum Gasteiger partial charge on any atom is -0.481 e. The highest BCUT2D eigenvalue weighted by Gasteiger charge is 2.06. The molecule has 0 bridgehead atoms. The second-order valence-electron chi connectivity index (χ2n) is 2.65. The highest BCUT2D eigenvalue weighted by atomic mass is 16.4. The number of hydrogen-bond acceptors (Lipinski definition) is 2. The predicted molar refractivity (Wildman–Crippen MR) is 49.3 cm³/mol. The van der Waals surface area contributed by atoms with Gasteiger partial charge in [-0.2, -0.15) is 0 Å². The molecule has 0 aromatic carbocycles. The Morgan fingerprint density at radius 1 is 1.67 bits per heavy atom. The van der Waals surface area contributed by atoms with Crippen molar-refractivity contribution in [3.63, 3.8) is 0 Å². The molecule has 0 aromatic heterocycles. The molecule has 1 N–H and O–H groups in total. The molecule has 0 aromatic rings. The summed E-state index contributed by atoms with van der Waals surface area (Å²) in [6.45, 7) is 5.41. The number of carboxylic acids is 1. The van der Waals surface area contributed by atoms with Gasteiger partial charge in [0.1, 0.15) is 0 Å². The van der Waals surface area contributed by atoms with Crippen LogP contribution in [0.5, 0.6) is 0 Å². The summed E-state index contributed by atoms with van der Waals surface area (Å²) in [4.78, 5) is 14.4. The van der Waals surface area contributed by atoms with Crippen LogP contribution in [0, 0.1) is 5.92 Å². The summed E-state index contributed by atoms with van der Waals surface area (Å²) in [6, 6.07) is 0. The third kappa shape index (κ3) is 4.66. The van der Waals surface area contributed by atoms with Crippen molar-refractivity contribution in [2.24, 2.45) is 10.9 Å². The number of aliphatic carboxylic acids is 1. The minimum atomic E-state index is -0.818. The summed E-state index contributed by atoms with van der Waals surface area (Å²) in [7, 11) is 0. The standard InChI is InChI=1S/C9H15NO2/c1-4-5-10-8(3)6-7(2)9(11)12/h5-7H,4H2,1-3H3,(H,11,12)/b8-6-,10-5-. The second-order valence-corrected chi connectivity index (χ2v) is 2.65. The lowest BCUT2D eigenvalue weighted by Gasteiger charge is -1.98. The largest absolute Gasteiger partial charge is 0.481 e. The van der Waals surface area contributed by atoms with E-state index in [-0.39, 0.29) is 0 Å². The van der Waals surface area contributed by atoms with Gasteiger partial charge in [0.15, 0.2) is 0 Å². The number of rotatable bonds is 4. The van der Waals surface area contributed by atoms with E-state index >= 15 is 0 Å². The van der Waals surface area contributed by atoms with Crippen LogP contribution in [0.25, 0.3) is 0 Å². The van der Waals surface area contributed by atoms with Crippen molar-refractivity contribution in [1.29, 1.82) is 0 Å². The summed E-state index contributed by atoms with van der Waals surface area (Å²) in [5.74, 6) is -1.28. The Bertz CT molecular complexity index is 207. The molecule has 0 rings (SSSR count). The molecule has 0 aliphatic carbocycles. The average molecular weight is 169 g/mol. The zero-order valence-electron chi connectivity index (χ0n) is 7.74. The van der Waals surface area contributed by atoms with Crippen molar-refractivity contribution >= 4 is 12.2 Å². The Balaban J connectivity index is 4.15. The van der Waals surface area contributed by atoms with E-state index in [0.717, 1.165) is 12.1 Å². The summed E-state index contributed by atoms with van der Waals surface area (Å²) >= 11 is 0. The number of aliphatic imine (C=N–C) groups is 1. The van der Waals surface area contributed by atoms with Crippen LogP contribution >= 0.6 is 0 Å². The molecule has 3 nitrogen and oxygen atoms in total. The first kappa shape index (κ1) is 10.9. The molecule has 0 saturated heterocycles. The maximum absolute atomic E-state index is 10.4. The van der Waals surface area contributed by atoms with Crippen LogP contribution in [0.1, 0.15) is 27.2 Å².